The van der Waals surface area contributed by atoms with Crippen LogP contribution in [-0.4, -0.2) is 39.8 Å². The lowest BCUT2D eigenvalue weighted by molar-refractivity contribution is -0.116. The maximum Gasteiger partial charge on any atom is 0.244 e. The third kappa shape index (κ3) is 4.58. The molecule has 142 valence electrons. The Kier molecular flexibility index (Phi) is 6.66. The number of amides is 1. The van der Waals surface area contributed by atoms with Crippen molar-refractivity contribution < 1.29 is 4.79 Å². The van der Waals surface area contributed by atoms with Gasteiger partial charge in [0.1, 0.15) is 0 Å². The summed E-state index contributed by atoms with van der Waals surface area (Å²) in [5.41, 5.74) is 1.91. The summed E-state index contributed by atoms with van der Waals surface area (Å²) in [4.78, 5) is 19.8. The first kappa shape index (κ1) is 19.6. The molecular weight excluding hydrogens is 380 g/mol. The van der Waals surface area contributed by atoms with E-state index in [-0.39, 0.29) is 11.9 Å². The molecular formula is C20H23ClN4OS. The Labute approximate surface area is 168 Å². The second kappa shape index (κ2) is 9.17. The lowest BCUT2D eigenvalue weighted by atomic mass is 10.1. The van der Waals surface area contributed by atoms with Crippen LogP contribution in [0.25, 0.3) is 11.0 Å². The van der Waals surface area contributed by atoms with Gasteiger partial charge in [0.05, 0.1) is 11.7 Å². The van der Waals surface area contributed by atoms with E-state index in [0.717, 1.165) is 18.1 Å². The van der Waals surface area contributed by atoms with Crippen LogP contribution in [0.1, 0.15) is 31.1 Å². The van der Waals surface area contributed by atoms with Gasteiger partial charge < -0.3 is 5.32 Å². The first-order valence-electron chi connectivity index (χ1n) is 9.00. The zero-order valence-electron chi connectivity index (χ0n) is 15.4. The second-order valence-electron chi connectivity index (χ2n) is 6.07. The smallest absolute Gasteiger partial charge is 0.244 e. The molecule has 3 rings (SSSR count). The molecule has 5 nitrogen and oxygen atoms in total. The minimum atomic E-state index is -0.149. The molecule has 1 N–H and O–H groups in total. The zero-order chi connectivity index (χ0) is 19.2. The maximum absolute atomic E-state index is 12.4. The average Bonchev–Trinajstić information content (AvgIpc) is 3.25. The molecule has 7 heteroatoms. The van der Waals surface area contributed by atoms with E-state index in [0.29, 0.717) is 17.4 Å². The van der Waals surface area contributed by atoms with Crippen molar-refractivity contribution in [2.24, 2.45) is 0 Å². The largest absolute Gasteiger partial charge is 0.351 e. The second-order valence-corrected chi connectivity index (χ2v) is 7.30. The fourth-order valence-corrected chi connectivity index (χ4v) is 4.14. The molecule has 0 aliphatic carbocycles. The number of imidazole rings is 1. The SMILES string of the molecule is CCN(CC)C(CNC(=O)/C=C/c1c(Cl)nc2sccn12)c1ccccc1. The number of hydrogen-bond donors (Lipinski definition) is 1. The van der Waals surface area contributed by atoms with E-state index in [9.17, 15) is 4.79 Å². The molecule has 0 saturated heterocycles. The van der Waals surface area contributed by atoms with E-state index in [1.807, 2.05) is 34.2 Å². The minimum Gasteiger partial charge on any atom is -0.351 e. The molecule has 1 aromatic carbocycles. The number of benzene rings is 1. The first-order chi connectivity index (χ1) is 13.1. The van der Waals surface area contributed by atoms with Crippen molar-refractivity contribution in [2.75, 3.05) is 19.6 Å². The van der Waals surface area contributed by atoms with Gasteiger partial charge >= 0.3 is 0 Å². The van der Waals surface area contributed by atoms with Crippen LogP contribution in [0.5, 0.6) is 0 Å². The number of rotatable bonds is 8. The molecule has 0 spiro atoms. The van der Waals surface area contributed by atoms with Gasteiger partial charge in [-0.3, -0.25) is 14.1 Å². The van der Waals surface area contributed by atoms with Gasteiger partial charge in [-0.25, -0.2) is 4.98 Å². The molecule has 0 aliphatic rings. The van der Waals surface area contributed by atoms with E-state index < -0.39 is 0 Å². The minimum absolute atomic E-state index is 0.140. The quantitative estimate of drug-likeness (QED) is 0.572. The molecule has 0 radical (unpaired) electrons. The fraction of sp³-hybridized carbons (Fsp3) is 0.300. The van der Waals surface area contributed by atoms with Crippen LogP contribution in [0.4, 0.5) is 0 Å². The molecule has 0 saturated carbocycles. The Bertz CT molecular complexity index is 915. The third-order valence-corrected chi connectivity index (χ3v) is 5.59. The predicted molar refractivity (Wildman–Crippen MR) is 112 cm³/mol. The Morgan fingerprint density at radius 1 is 1.33 bits per heavy atom. The number of thiazole rings is 1. The lowest BCUT2D eigenvalue weighted by Gasteiger charge is -2.30. The van der Waals surface area contributed by atoms with Gasteiger partial charge in [-0.2, -0.15) is 0 Å². The summed E-state index contributed by atoms with van der Waals surface area (Å²) in [5.74, 6) is -0.149. The van der Waals surface area contributed by atoms with Crippen molar-refractivity contribution in [2.45, 2.75) is 19.9 Å². The normalized spacial score (nSPS) is 12.9. The molecule has 0 bridgehead atoms. The zero-order valence-corrected chi connectivity index (χ0v) is 17.0. The molecule has 0 fully saturated rings. The van der Waals surface area contributed by atoms with Crippen LogP contribution in [0.2, 0.25) is 5.15 Å². The van der Waals surface area contributed by atoms with E-state index in [1.54, 1.807) is 6.08 Å². The number of fused-ring (bicyclic) bond motifs is 1. The topological polar surface area (TPSA) is 49.6 Å². The van der Waals surface area contributed by atoms with E-state index in [2.05, 4.69) is 41.2 Å². The van der Waals surface area contributed by atoms with Crippen LogP contribution in [0.15, 0.2) is 48.0 Å². The van der Waals surface area contributed by atoms with Gasteiger partial charge in [0.25, 0.3) is 0 Å². The van der Waals surface area contributed by atoms with E-state index in [4.69, 9.17) is 11.6 Å². The highest BCUT2D eigenvalue weighted by molar-refractivity contribution is 7.15. The number of hydrogen-bond acceptors (Lipinski definition) is 4. The Balaban J connectivity index is 1.69. The van der Waals surface area contributed by atoms with E-state index in [1.165, 1.54) is 23.0 Å². The summed E-state index contributed by atoms with van der Waals surface area (Å²) in [6.07, 6.45) is 5.11. The summed E-state index contributed by atoms with van der Waals surface area (Å²) < 4.78 is 1.87. The van der Waals surface area contributed by atoms with Crippen LogP contribution in [0.3, 0.4) is 0 Å². The van der Waals surface area contributed by atoms with Gasteiger partial charge in [-0.15, -0.1) is 11.3 Å². The highest BCUT2D eigenvalue weighted by Crippen LogP contribution is 2.22. The number of aromatic nitrogens is 2. The Hall–Kier alpha value is -2.15. The van der Waals surface area contributed by atoms with Crippen molar-refractivity contribution in [1.82, 2.24) is 19.6 Å². The highest BCUT2D eigenvalue weighted by Gasteiger charge is 2.18. The van der Waals surface area contributed by atoms with Gasteiger partial charge in [0.15, 0.2) is 10.1 Å². The fourth-order valence-electron chi connectivity index (χ4n) is 3.13. The summed E-state index contributed by atoms with van der Waals surface area (Å²) in [6, 6.07) is 10.4. The first-order valence-corrected chi connectivity index (χ1v) is 10.3. The Morgan fingerprint density at radius 2 is 2.07 bits per heavy atom. The van der Waals surface area contributed by atoms with Crippen molar-refractivity contribution in [3.63, 3.8) is 0 Å². The molecule has 2 aromatic heterocycles. The Morgan fingerprint density at radius 3 is 2.78 bits per heavy atom. The molecule has 3 aromatic rings. The monoisotopic (exact) mass is 402 g/mol. The molecule has 1 amide bonds. The third-order valence-electron chi connectivity index (χ3n) is 4.55. The molecule has 0 aliphatic heterocycles. The summed E-state index contributed by atoms with van der Waals surface area (Å²) >= 11 is 7.67. The number of nitrogens with one attached hydrogen (secondary N) is 1. The highest BCUT2D eigenvalue weighted by atomic mass is 35.5. The van der Waals surface area contributed by atoms with Crippen molar-refractivity contribution >= 4 is 39.9 Å². The van der Waals surface area contributed by atoms with Crippen LogP contribution in [0, 0.1) is 0 Å². The number of halogens is 1. The van der Waals surface area contributed by atoms with Gasteiger partial charge in [-0.1, -0.05) is 55.8 Å². The standard InChI is InChI=1S/C20H23ClN4OS/c1-3-24(4-2)17(15-8-6-5-7-9-15)14-22-18(26)11-10-16-19(21)23-20-25(16)12-13-27-20/h5-13,17H,3-4,14H2,1-2H3,(H,22,26)/b11-10+. The van der Waals surface area contributed by atoms with Crippen molar-refractivity contribution in [3.05, 3.63) is 64.4 Å². The predicted octanol–water partition coefficient (Wildman–Crippen LogP) is 4.26. The van der Waals surface area contributed by atoms with Crippen molar-refractivity contribution in [3.8, 4) is 0 Å². The van der Waals surface area contributed by atoms with Crippen LogP contribution in [-0.2, 0) is 4.79 Å². The number of carbonyl (C=O) groups is 1. The van der Waals surface area contributed by atoms with Gasteiger partial charge in [0, 0.05) is 24.2 Å². The summed E-state index contributed by atoms with van der Waals surface area (Å²) in [5, 5.41) is 5.35. The van der Waals surface area contributed by atoms with Crippen molar-refractivity contribution in [1.29, 1.82) is 0 Å². The number of nitrogens with zero attached hydrogens (tertiary/aromatic N) is 3. The number of likely N-dealkylation sites (N-methyl/N-ethyl adjacent to an activating group) is 1. The number of carbonyl (C=O) groups excluding carboxylic acids is 1. The maximum atomic E-state index is 12.4. The summed E-state index contributed by atoms with van der Waals surface area (Å²) in [6.45, 7) is 6.65. The lowest BCUT2D eigenvalue weighted by Crippen LogP contribution is -2.37. The van der Waals surface area contributed by atoms with Crippen LogP contribution >= 0.6 is 22.9 Å². The molecule has 2 heterocycles. The molecule has 1 atom stereocenters. The molecule has 1 unspecified atom stereocenters. The van der Waals surface area contributed by atoms with Gasteiger partial charge in [-0.05, 0) is 24.7 Å². The average molecular weight is 403 g/mol. The van der Waals surface area contributed by atoms with Gasteiger partial charge in [0.2, 0.25) is 5.91 Å². The van der Waals surface area contributed by atoms with Crippen LogP contribution < -0.4 is 5.32 Å². The summed E-state index contributed by atoms with van der Waals surface area (Å²) in [7, 11) is 0. The van der Waals surface area contributed by atoms with E-state index >= 15 is 0 Å². The molecule has 27 heavy (non-hydrogen) atoms.